The number of carbonyl (C=O) groups excluding carboxylic acids is 1. The molecular weight excluding hydrogens is 408 g/mol. The SMILES string of the molecule is O=C(Nc1ccc2c(c1)OCO2)N1CCc2c(sc3c2CCCC3)[C@@H]1c1ccccc1. The van der Waals surface area contributed by atoms with Gasteiger partial charge in [0.15, 0.2) is 11.5 Å². The number of rotatable bonds is 2. The van der Waals surface area contributed by atoms with E-state index in [-0.39, 0.29) is 18.9 Å². The molecular formula is C25H24N2O3S. The number of urea groups is 1. The number of carbonyl (C=O) groups is 1. The molecule has 0 unspecified atom stereocenters. The highest BCUT2D eigenvalue weighted by atomic mass is 32.1. The minimum Gasteiger partial charge on any atom is -0.454 e. The van der Waals surface area contributed by atoms with Crippen LogP contribution in [0.15, 0.2) is 48.5 Å². The Labute approximate surface area is 185 Å². The molecule has 2 amide bonds. The van der Waals surface area contributed by atoms with Gasteiger partial charge in [0.25, 0.3) is 0 Å². The highest BCUT2D eigenvalue weighted by Gasteiger charge is 2.36. The fourth-order valence-corrected chi connectivity index (χ4v) is 6.59. The Morgan fingerprint density at radius 2 is 1.81 bits per heavy atom. The van der Waals surface area contributed by atoms with Gasteiger partial charge in [-0.25, -0.2) is 4.79 Å². The number of aryl methyl sites for hydroxylation is 1. The van der Waals surface area contributed by atoms with Crippen molar-refractivity contribution >= 4 is 23.1 Å². The first kappa shape index (κ1) is 18.8. The van der Waals surface area contributed by atoms with E-state index in [9.17, 15) is 4.79 Å². The van der Waals surface area contributed by atoms with E-state index < -0.39 is 0 Å². The number of hydrogen-bond donors (Lipinski definition) is 1. The Morgan fingerprint density at radius 3 is 2.71 bits per heavy atom. The van der Waals surface area contributed by atoms with Gasteiger partial charge in [-0.1, -0.05) is 30.3 Å². The molecule has 6 heteroatoms. The van der Waals surface area contributed by atoms with Gasteiger partial charge in [0.05, 0.1) is 6.04 Å². The van der Waals surface area contributed by atoms with Gasteiger partial charge in [-0.15, -0.1) is 11.3 Å². The zero-order valence-corrected chi connectivity index (χ0v) is 18.0. The topological polar surface area (TPSA) is 50.8 Å². The smallest absolute Gasteiger partial charge is 0.322 e. The van der Waals surface area contributed by atoms with Gasteiger partial charge in [-0.05, 0) is 60.9 Å². The summed E-state index contributed by atoms with van der Waals surface area (Å²) in [5.74, 6) is 1.39. The molecule has 0 radical (unpaired) electrons. The third-order valence-electron chi connectivity index (χ3n) is 6.47. The second kappa shape index (κ2) is 7.61. The Kier molecular flexibility index (Phi) is 4.60. The first-order valence-electron chi connectivity index (χ1n) is 10.9. The van der Waals surface area contributed by atoms with Gasteiger partial charge in [0.1, 0.15) is 0 Å². The lowest BCUT2D eigenvalue weighted by Gasteiger charge is -2.36. The van der Waals surface area contributed by atoms with Gasteiger partial charge in [-0.2, -0.15) is 0 Å². The summed E-state index contributed by atoms with van der Waals surface area (Å²) in [6.07, 6.45) is 5.85. The molecule has 3 aromatic rings. The van der Waals surface area contributed by atoms with Gasteiger partial charge in [-0.3, -0.25) is 0 Å². The van der Waals surface area contributed by atoms with Crippen LogP contribution >= 0.6 is 11.3 Å². The maximum atomic E-state index is 13.5. The highest BCUT2D eigenvalue weighted by Crippen LogP contribution is 2.45. The van der Waals surface area contributed by atoms with Crippen LogP contribution in [0.1, 0.15) is 45.3 Å². The predicted molar refractivity (Wildman–Crippen MR) is 121 cm³/mol. The molecule has 31 heavy (non-hydrogen) atoms. The van der Waals surface area contributed by atoms with Crippen LogP contribution in [0.4, 0.5) is 10.5 Å². The predicted octanol–water partition coefficient (Wildman–Crippen LogP) is 5.54. The lowest BCUT2D eigenvalue weighted by Crippen LogP contribution is -2.42. The van der Waals surface area contributed by atoms with Crippen LogP contribution in [-0.2, 0) is 19.3 Å². The van der Waals surface area contributed by atoms with E-state index in [1.165, 1.54) is 46.6 Å². The first-order chi connectivity index (χ1) is 15.3. The molecule has 3 heterocycles. The number of anilines is 1. The number of benzene rings is 2. The van der Waals surface area contributed by atoms with Gasteiger partial charge >= 0.3 is 6.03 Å². The van der Waals surface area contributed by atoms with Crippen molar-refractivity contribution in [3.63, 3.8) is 0 Å². The van der Waals surface area contributed by atoms with E-state index in [4.69, 9.17) is 9.47 Å². The number of ether oxygens (including phenoxy) is 2. The third-order valence-corrected chi connectivity index (χ3v) is 7.86. The van der Waals surface area contributed by atoms with Gasteiger partial charge < -0.3 is 19.7 Å². The molecule has 3 aliphatic rings. The van der Waals surface area contributed by atoms with Crippen molar-refractivity contribution in [1.29, 1.82) is 0 Å². The number of thiophene rings is 1. The quantitative estimate of drug-likeness (QED) is 0.579. The molecule has 1 aliphatic carbocycles. The van der Waals surface area contributed by atoms with E-state index >= 15 is 0 Å². The molecule has 158 valence electrons. The second-order valence-corrected chi connectivity index (χ2v) is 9.45. The fourth-order valence-electron chi connectivity index (χ4n) is 5.01. The van der Waals surface area contributed by atoms with Crippen LogP contribution in [0.5, 0.6) is 11.5 Å². The summed E-state index contributed by atoms with van der Waals surface area (Å²) in [6, 6.07) is 15.8. The molecule has 2 aliphatic heterocycles. The van der Waals surface area contributed by atoms with Crippen LogP contribution in [0, 0.1) is 0 Å². The van der Waals surface area contributed by atoms with E-state index in [0.717, 1.165) is 12.1 Å². The normalized spacial score (nSPS) is 19.0. The molecule has 6 rings (SSSR count). The van der Waals surface area contributed by atoms with E-state index in [1.54, 1.807) is 5.56 Å². The number of amides is 2. The van der Waals surface area contributed by atoms with Crippen molar-refractivity contribution in [3.8, 4) is 11.5 Å². The molecule has 5 nitrogen and oxygen atoms in total. The van der Waals surface area contributed by atoms with Gasteiger partial charge in [0.2, 0.25) is 6.79 Å². The number of hydrogen-bond acceptors (Lipinski definition) is 4. The minimum absolute atomic E-state index is 0.0467. The summed E-state index contributed by atoms with van der Waals surface area (Å²) in [5.41, 5.74) is 4.96. The highest BCUT2D eigenvalue weighted by molar-refractivity contribution is 7.12. The van der Waals surface area contributed by atoms with Crippen LogP contribution in [0.2, 0.25) is 0 Å². The first-order valence-corrected chi connectivity index (χ1v) is 11.7. The molecule has 2 aromatic carbocycles. The molecule has 0 bridgehead atoms. The Hall–Kier alpha value is -2.99. The molecule has 0 spiro atoms. The number of nitrogens with zero attached hydrogens (tertiary/aromatic N) is 1. The van der Waals surface area contributed by atoms with Crippen molar-refractivity contribution in [2.75, 3.05) is 18.7 Å². The summed E-state index contributed by atoms with van der Waals surface area (Å²) < 4.78 is 10.8. The van der Waals surface area contributed by atoms with Crippen LogP contribution < -0.4 is 14.8 Å². The monoisotopic (exact) mass is 432 g/mol. The Morgan fingerprint density at radius 1 is 0.968 bits per heavy atom. The minimum atomic E-state index is -0.0789. The molecule has 1 aromatic heterocycles. The summed E-state index contributed by atoms with van der Waals surface area (Å²) in [6.45, 7) is 0.937. The van der Waals surface area contributed by atoms with Crippen molar-refractivity contribution < 1.29 is 14.3 Å². The summed E-state index contributed by atoms with van der Waals surface area (Å²) in [7, 11) is 0. The van der Waals surface area contributed by atoms with Crippen molar-refractivity contribution in [1.82, 2.24) is 4.90 Å². The molecule has 0 fully saturated rings. The zero-order valence-electron chi connectivity index (χ0n) is 17.2. The molecule has 1 atom stereocenters. The van der Waals surface area contributed by atoms with E-state index in [2.05, 4.69) is 29.6 Å². The summed E-state index contributed by atoms with van der Waals surface area (Å²) >= 11 is 1.93. The lowest BCUT2D eigenvalue weighted by atomic mass is 9.88. The average Bonchev–Trinajstić information content (AvgIpc) is 3.43. The van der Waals surface area contributed by atoms with Crippen LogP contribution in [-0.4, -0.2) is 24.3 Å². The third kappa shape index (κ3) is 3.26. The van der Waals surface area contributed by atoms with E-state index in [0.29, 0.717) is 18.0 Å². The van der Waals surface area contributed by atoms with Crippen LogP contribution in [0.3, 0.4) is 0 Å². The van der Waals surface area contributed by atoms with Crippen molar-refractivity contribution in [2.24, 2.45) is 0 Å². The number of nitrogens with one attached hydrogen (secondary N) is 1. The van der Waals surface area contributed by atoms with E-state index in [1.807, 2.05) is 40.5 Å². The summed E-state index contributed by atoms with van der Waals surface area (Å²) in [4.78, 5) is 18.3. The van der Waals surface area contributed by atoms with Crippen molar-refractivity contribution in [2.45, 2.75) is 38.1 Å². The zero-order chi connectivity index (χ0) is 20.8. The largest absolute Gasteiger partial charge is 0.454 e. The maximum absolute atomic E-state index is 13.5. The molecule has 0 saturated carbocycles. The maximum Gasteiger partial charge on any atom is 0.322 e. The van der Waals surface area contributed by atoms with Crippen molar-refractivity contribution in [3.05, 3.63) is 75.0 Å². The Bertz CT molecular complexity index is 1140. The van der Waals surface area contributed by atoms with Crippen LogP contribution in [0.25, 0.3) is 0 Å². The molecule has 0 saturated heterocycles. The second-order valence-electron chi connectivity index (χ2n) is 8.31. The molecule has 1 N–H and O–H groups in total. The van der Waals surface area contributed by atoms with Gasteiger partial charge in [0, 0.05) is 28.1 Å². The summed E-state index contributed by atoms with van der Waals surface area (Å²) in [5, 5.41) is 3.09. The average molecular weight is 433 g/mol. The standard InChI is InChI=1S/C25H24N2O3S/c28-25(26-17-10-11-20-21(14-17)30-15-29-20)27-13-12-19-18-8-4-5-9-22(18)31-24(19)23(27)16-6-2-1-3-7-16/h1-3,6-7,10-11,14,23H,4-5,8-9,12-13,15H2,(H,26,28)/t23-/m0/s1. The lowest BCUT2D eigenvalue weighted by molar-refractivity contribution is 0.174. The Balaban J connectivity index is 1.35. The number of fused-ring (bicyclic) bond motifs is 4. The fraction of sp³-hybridized carbons (Fsp3) is 0.320.